The highest BCUT2D eigenvalue weighted by molar-refractivity contribution is 4.96. The fourth-order valence-electron chi connectivity index (χ4n) is 0.277. The summed E-state index contributed by atoms with van der Waals surface area (Å²) in [4.78, 5) is 0. The van der Waals surface area contributed by atoms with Gasteiger partial charge in [0.05, 0.1) is 6.54 Å². The molecule has 0 fully saturated rings. The van der Waals surface area contributed by atoms with Crippen LogP contribution in [0.5, 0.6) is 0 Å². The fraction of sp³-hybridized carbons (Fsp3) is 0.667. The van der Waals surface area contributed by atoms with Crippen LogP contribution in [0.4, 0.5) is 0 Å². The fourth-order valence-corrected chi connectivity index (χ4v) is 0.277. The van der Waals surface area contributed by atoms with Gasteiger partial charge in [-0.3, -0.25) is 5.43 Å². The summed E-state index contributed by atoms with van der Waals surface area (Å²) in [6.45, 7) is 2.62. The van der Waals surface area contributed by atoms with Gasteiger partial charge >= 0.3 is 0 Å². The molecule has 8 heavy (non-hydrogen) atoms. The van der Waals surface area contributed by atoms with Crippen LogP contribution in [-0.4, -0.2) is 25.6 Å². The van der Waals surface area contributed by atoms with Gasteiger partial charge in [0.25, 0.3) is 0 Å². The maximum absolute atomic E-state index is 2.93. The van der Waals surface area contributed by atoms with Crippen molar-refractivity contribution in [3.63, 3.8) is 0 Å². The monoisotopic (exact) mass is 112 g/mol. The van der Waals surface area contributed by atoms with Gasteiger partial charge in [-0.2, -0.15) is 0 Å². The lowest BCUT2D eigenvalue weighted by Gasteiger charge is -2.08. The second-order valence-electron chi connectivity index (χ2n) is 1.51. The van der Waals surface area contributed by atoms with E-state index in [0.29, 0.717) is 0 Å². The molecule has 0 unspecified atom stereocenters. The highest BCUT2D eigenvalue weighted by Crippen LogP contribution is 1.67. The summed E-state index contributed by atoms with van der Waals surface area (Å²) in [5, 5.41) is 1.91. The Balaban J connectivity index is 3.19. The lowest BCUT2D eigenvalue weighted by Crippen LogP contribution is -2.30. The molecule has 0 rings (SSSR count). The summed E-state index contributed by atoms with van der Waals surface area (Å²) in [5.74, 6) is 5.71. The molecule has 0 saturated carbocycles. The number of rotatable bonds is 2. The first-order valence-electron chi connectivity index (χ1n) is 2.59. The van der Waals surface area contributed by atoms with Gasteiger partial charge in [0, 0.05) is 7.05 Å². The third kappa shape index (κ3) is 3.66. The zero-order valence-electron chi connectivity index (χ0n) is 5.65. The van der Waals surface area contributed by atoms with Crippen LogP contribution in [0, 0.1) is 11.8 Å². The Morgan fingerprint density at radius 3 is 2.62 bits per heavy atom. The van der Waals surface area contributed by atoms with E-state index >= 15 is 0 Å². The third-order valence-corrected chi connectivity index (χ3v) is 0.875. The molecule has 2 heteroatoms. The molecule has 0 radical (unpaired) electrons. The molecule has 0 spiro atoms. The summed E-state index contributed by atoms with van der Waals surface area (Å²) < 4.78 is 0. The van der Waals surface area contributed by atoms with Gasteiger partial charge in [0.15, 0.2) is 0 Å². The predicted molar refractivity (Wildman–Crippen MR) is 35.1 cm³/mol. The van der Waals surface area contributed by atoms with E-state index in [0.717, 1.165) is 6.54 Å². The van der Waals surface area contributed by atoms with Crippen LogP contribution < -0.4 is 5.43 Å². The number of hydrogen-bond acceptors (Lipinski definition) is 2. The molecule has 0 bridgehead atoms. The lowest BCUT2D eigenvalue weighted by atomic mass is 10.6. The second-order valence-corrected chi connectivity index (χ2v) is 1.51. The zero-order valence-corrected chi connectivity index (χ0v) is 5.65. The van der Waals surface area contributed by atoms with Crippen molar-refractivity contribution in [1.29, 1.82) is 0 Å². The van der Waals surface area contributed by atoms with Crippen molar-refractivity contribution in [2.45, 2.75) is 6.92 Å². The van der Waals surface area contributed by atoms with Gasteiger partial charge < -0.3 is 0 Å². The average Bonchev–Trinajstić information content (AvgIpc) is 1.83. The maximum atomic E-state index is 2.93. The van der Waals surface area contributed by atoms with E-state index in [-0.39, 0.29) is 0 Å². The van der Waals surface area contributed by atoms with Crippen LogP contribution in [0.25, 0.3) is 0 Å². The van der Waals surface area contributed by atoms with Gasteiger partial charge in [-0.15, -0.1) is 5.92 Å². The molecule has 0 atom stereocenters. The lowest BCUT2D eigenvalue weighted by molar-refractivity contribution is 0.294. The highest BCUT2D eigenvalue weighted by atomic mass is 15.5. The minimum atomic E-state index is 0.785. The molecule has 0 aliphatic rings. The van der Waals surface area contributed by atoms with Crippen molar-refractivity contribution < 1.29 is 0 Å². The molecule has 0 aliphatic carbocycles. The normalized spacial score (nSPS) is 8.50. The SMILES string of the molecule is CC#CCN(C)NC. The molecule has 0 saturated heterocycles. The van der Waals surface area contributed by atoms with Crippen LogP contribution in [0.1, 0.15) is 6.92 Å². The van der Waals surface area contributed by atoms with E-state index in [2.05, 4.69) is 17.3 Å². The standard InChI is InChI=1S/C6H12N2/c1-4-5-6-8(3)7-2/h7H,6H2,1-3H3. The minimum absolute atomic E-state index is 0.785. The summed E-state index contributed by atoms with van der Waals surface area (Å²) in [7, 11) is 3.82. The van der Waals surface area contributed by atoms with Crippen LogP contribution in [0.2, 0.25) is 0 Å². The minimum Gasteiger partial charge on any atom is -0.258 e. The van der Waals surface area contributed by atoms with Gasteiger partial charge in [-0.1, -0.05) is 5.92 Å². The Morgan fingerprint density at radius 2 is 2.25 bits per heavy atom. The number of hydrogen-bond donors (Lipinski definition) is 1. The predicted octanol–water partition coefficient (Wildman–Crippen LogP) is 0.0759. The zero-order chi connectivity index (χ0) is 6.41. The number of nitrogens with one attached hydrogen (secondary N) is 1. The quantitative estimate of drug-likeness (QED) is 0.402. The molecule has 0 aromatic heterocycles. The van der Waals surface area contributed by atoms with E-state index in [4.69, 9.17) is 0 Å². The van der Waals surface area contributed by atoms with Gasteiger partial charge in [-0.25, -0.2) is 5.01 Å². The molecule has 0 amide bonds. The Kier molecular flexibility index (Phi) is 4.33. The van der Waals surface area contributed by atoms with Crippen molar-refractivity contribution in [1.82, 2.24) is 10.4 Å². The first kappa shape index (κ1) is 7.48. The molecule has 0 aromatic rings. The van der Waals surface area contributed by atoms with Crippen molar-refractivity contribution in [3.8, 4) is 11.8 Å². The molecule has 1 N–H and O–H groups in total. The van der Waals surface area contributed by atoms with Crippen molar-refractivity contribution in [3.05, 3.63) is 0 Å². The molecule has 2 nitrogen and oxygen atoms in total. The topological polar surface area (TPSA) is 15.3 Å². The molecule has 0 aliphatic heterocycles. The van der Waals surface area contributed by atoms with E-state index < -0.39 is 0 Å². The Labute approximate surface area is 50.8 Å². The molecule has 46 valence electrons. The maximum Gasteiger partial charge on any atom is 0.0739 e. The molecular weight excluding hydrogens is 100 g/mol. The Morgan fingerprint density at radius 1 is 1.62 bits per heavy atom. The highest BCUT2D eigenvalue weighted by Gasteiger charge is 1.83. The van der Waals surface area contributed by atoms with Crippen LogP contribution in [0.3, 0.4) is 0 Å². The van der Waals surface area contributed by atoms with Crippen LogP contribution in [-0.2, 0) is 0 Å². The number of hydrazine groups is 1. The molecular formula is C6H12N2. The summed E-state index contributed by atoms with van der Waals surface area (Å²) in [6.07, 6.45) is 0. The van der Waals surface area contributed by atoms with Gasteiger partial charge in [0.1, 0.15) is 0 Å². The van der Waals surface area contributed by atoms with E-state index in [9.17, 15) is 0 Å². The summed E-state index contributed by atoms with van der Waals surface area (Å²) >= 11 is 0. The second kappa shape index (κ2) is 4.63. The summed E-state index contributed by atoms with van der Waals surface area (Å²) in [5.41, 5.74) is 2.93. The van der Waals surface area contributed by atoms with Crippen LogP contribution in [0.15, 0.2) is 0 Å². The van der Waals surface area contributed by atoms with Crippen LogP contribution >= 0.6 is 0 Å². The smallest absolute Gasteiger partial charge is 0.0739 e. The average molecular weight is 112 g/mol. The Hall–Kier alpha value is -0.520. The first-order chi connectivity index (χ1) is 3.81. The van der Waals surface area contributed by atoms with Gasteiger partial charge in [0.2, 0.25) is 0 Å². The molecule has 0 aromatic carbocycles. The summed E-state index contributed by atoms with van der Waals surface area (Å²) in [6, 6.07) is 0. The van der Waals surface area contributed by atoms with E-state index in [1.165, 1.54) is 0 Å². The van der Waals surface area contributed by atoms with Crippen molar-refractivity contribution >= 4 is 0 Å². The third-order valence-electron chi connectivity index (χ3n) is 0.875. The first-order valence-corrected chi connectivity index (χ1v) is 2.59. The van der Waals surface area contributed by atoms with Crippen molar-refractivity contribution in [2.24, 2.45) is 0 Å². The van der Waals surface area contributed by atoms with E-state index in [1.807, 2.05) is 26.0 Å². The largest absolute Gasteiger partial charge is 0.258 e. The Bertz CT molecular complexity index is 98.8. The van der Waals surface area contributed by atoms with Gasteiger partial charge in [-0.05, 0) is 14.0 Å². The molecule has 0 heterocycles. The van der Waals surface area contributed by atoms with Crippen molar-refractivity contribution in [2.75, 3.05) is 20.6 Å². The van der Waals surface area contributed by atoms with E-state index in [1.54, 1.807) is 0 Å². The number of nitrogens with zero attached hydrogens (tertiary/aromatic N) is 1.